The van der Waals surface area contributed by atoms with E-state index in [1.54, 1.807) is 7.11 Å². The molecule has 0 saturated carbocycles. The minimum atomic E-state index is -0.267. The van der Waals surface area contributed by atoms with Crippen LogP contribution in [0.5, 0.6) is 5.75 Å². The van der Waals surface area contributed by atoms with Crippen molar-refractivity contribution in [3.63, 3.8) is 0 Å². The maximum atomic E-state index is 13.3. The minimum Gasteiger partial charge on any atom is -0.496 e. The van der Waals surface area contributed by atoms with Crippen LogP contribution in [0.1, 0.15) is 17.2 Å². The molecule has 0 aliphatic carbocycles. The summed E-state index contributed by atoms with van der Waals surface area (Å²) in [6, 6.07) is 12.2. The van der Waals surface area contributed by atoms with E-state index in [2.05, 4.69) is 15.9 Å². The molecule has 100 valence electrons. The summed E-state index contributed by atoms with van der Waals surface area (Å²) in [7, 11) is 1.62. The summed E-state index contributed by atoms with van der Waals surface area (Å²) in [6.45, 7) is 0. The number of rotatable bonds is 4. The summed E-state index contributed by atoms with van der Waals surface area (Å²) in [4.78, 5) is 0. The van der Waals surface area contributed by atoms with Crippen LogP contribution in [-0.2, 0) is 6.42 Å². The molecule has 2 N–H and O–H groups in total. The molecule has 0 aliphatic heterocycles. The quantitative estimate of drug-likeness (QED) is 0.927. The predicted molar refractivity (Wildman–Crippen MR) is 77.7 cm³/mol. The van der Waals surface area contributed by atoms with Crippen molar-refractivity contribution in [2.75, 3.05) is 7.11 Å². The zero-order chi connectivity index (χ0) is 13.8. The fourth-order valence-electron chi connectivity index (χ4n) is 2.07. The lowest BCUT2D eigenvalue weighted by Gasteiger charge is -2.16. The van der Waals surface area contributed by atoms with E-state index in [1.165, 1.54) is 12.1 Å². The van der Waals surface area contributed by atoms with Crippen molar-refractivity contribution in [2.45, 2.75) is 12.5 Å². The first-order chi connectivity index (χ1) is 9.10. The molecule has 0 spiro atoms. The van der Waals surface area contributed by atoms with Crippen molar-refractivity contribution in [3.05, 3.63) is 63.9 Å². The number of halogens is 2. The molecule has 0 heterocycles. The number of hydrogen-bond acceptors (Lipinski definition) is 2. The Kier molecular flexibility index (Phi) is 4.56. The van der Waals surface area contributed by atoms with E-state index in [1.807, 2.05) is 30.3 Å². The fraction of sp³-hybridized carbons (Fsp3) is 0.200. The Balaban J connectivity index is 2.22. The van der Waals surface area contributed by atoms with Gasteiger partial charge in [-0.1, -0.05) is 34.1 Å². The molecular weight excluding hydrogens is 309 g/mol. The second-order valence-corrected chi connectivity index (χ2v) is 5.25. The van der Waals surface area contributed by atoms with Crippen LogP contribution in [-0.4, -0.2) is 7.11 Å². The number of ether oxygens (including phenoxy) is 1. The standard InChI is InChI=1S/C15H15BrFNO/c1-19-15-5-3-2-4-13(15)14(18)8-10-6-11(16)9-12(17)7-10/h2-7,9,14H,8,18H2,1H3. The van der Waals surface area contributed by atoms with Crippen molar-refractivity contribution in [3.8, 4) is 5.75 Å². The molecule has 2 aromatic carbocycles. The van der Waals surface area contributed by atoms with Gasteiger partial charge >= 0.3 is 0 Å². The Morgan fingerprint density at radius 2 is 2.00 bits per heavy atom. The van der Waals surface area contributed by atoms with Crippen molar-refractivity contribution in [1.82, 2.24) is 0 Å². The summed E-state index contributed by atoms with van der Waals surface area (Å²) < 4.78 is 19.3. The van der Waals surface area contributed by atoms with Gasteiger partial charge in [-0.25, -0.2) is 4.39 Å². The number of benzene rings is 2. The van der Waals surface area contributed by atoms with Gasteiger partial charge in [0.25, 0.3) is 0 Å². The average Bonchev–Trinajstić information content (AvgIpc) is 2.37. The van der Waals surface area contributed by atoms with E-state index in [4.69, 9.17) is 10.5 Å². The molecule has 0 amide bonds. The van der Waals surface area contributed by atoms with Gasteiger partial charge in [0, 0.05) is 16.1 Å². The van der Waals surface area contributed by atoms with Crippen LogP contribution in [0, 0.1) is 5.82 Å². The van der Waals surface area contributed by atoms with Gasteiger partial charge in [-0.05, 0) is 36.2 Å². The molecule has 2 nitrogen and oxygen atoms in total. The van der Waals surface area contributed by atoms with E-state index in [9.17, 15) is 4.39 Å². The van der Waals surface area contributed by atoms with Crippen LogP contribution in [0.4, 0.5) is 4.39 Å². The molecule has 4 heteroatoms. The van der Waals surface area contributed by atoms with Crippen LogP contribution in [0.25, 0.3) is 0 Å². The highest BCUT2D eigenvalue weighted by atomic mass is 79.9. The molecule has 0 fully saturated rings. The lowest BCUT2D eigenvalue weighted by molar-refractivity contribution is 0.405. The minimum absolute atomic E-state index is 0.232. The van der Waals surface area contributed by atoms with Gasteiger partial charge in [-0.2, -0.15) is 0 Å². The average molecular weight is 324 g/mol. The van der Waals surface area contributed by atoms with Crippen molar-refractivity contribution in [2.24, 2.45) is 5.73 Å². The zero-order valence-electron chi connectivity index (χ0n) is 10.6. The molecule has 0 bridgehead atoms. The molecule has 0 aliphatic rings. The monoisotopic (exact) mass is 323 g/mol. The Morgan fingerprint density at radius 3 is 2.68 bits per heavy atom. The Morgan fingerprint density at radius 1 is 1.26 bits per heavy atom. The van der Waals surface area contributed by atoms with Gasteiger partial charge < -0.3 is 10.5 Å². The molecule has 1 atom stereocenters. The number of methoxy groups -OCH3 is 1. The van der Waals surface area contributed by atoms with Crippen LogP contribution in [0.3, 0.4) is 0 Å². The largest absolute Gasteiger partial charge is 0.496 e. The van der Waals surface area contributed by atoms with Crippen LogP contribution >= 0.6 is 15.9 Å². The molecule has 2 rings (SSSR count). The Bertz CT molecular complexity index is 554. The van der Waals surface area contributed by atoms with Crippen LogP contribution < -0.4 is 10.5 Å². The second-order valence-electron chi connectivity index (χ2n) is 4.33. The topological polar surface area (TPSA) is 35.2 Å². The highest BCUT2D eigenvalue weighted by Gasteiger charge is 2.12. The molecule has 0 radical (unpaired) electrons. The molecule has 0 saturated heterocycles. The lowest BCUT2D eigenvalue weighted by Crippen LogP contribution is -2.14. The van der Waals surface area contributed by atoms with Gasteiger partial charge in [0.1, 0.15) is 11.6 Å². The third-order valence-corrected chi connectivity index (χ3v) is 3.37. The van der Waals surface area contributed by atoms with Crippen LogP contribution in [0.15, 0.2) is 46.9 Å². The van der Waals surface area contributed by atoms with Crippen molar-refractivity contribution >= 4 is 15.9 Å². The summed E-state index contributed by atoms with van der Waals surface area (Å²) >= 11 is 3.28. The second kappa shape index (κ2) is 6.17. The third kappa shape index (κ3) is 3.55. The number of hydrogen-bond donors (Lipinski definition) is 1. The van der Waals surface area contributed by atoms with Gasteiger partial charge in [0.15, 0.2) is 0 Å². The Hall–Kier alpha value is -1.39. The zero-order valence-corrected chi connectivity index (χ0v) is 12.2. The van der Waals surface area contributed by atoms with Crippen molar-refractivity contribution < 1.29 is 9.13 Å². The molecule has 0 aromatic heterocycles. The van der Waals surface area contributed by atoms with Gasteiger partial charge in [0.2, 0.25) is 0 Å². The normalized spacial score (nSPS) is 12.2. The van der Waals surface area contributed by atoms with E-state index >= 15 is 0 Å². The predicted octanol–water partition coefficient (Wildman–Crippen LogP) is 3.84. The third-order valence-electron chi connectivity index (χ3n) is 2.92. The van der Waals surface area contributed by atoms with Crippen LogP contribution in [0.2, 0.25) is 0 Å². The van der Waals surface area contributed by atoms with E-state index in [0.29, 0.717) is 6.42 Å². The number of nitrogens with two attached hydrogens (primary N) is 1. The summed E-state index contributed by atoms with van der Waals surface area (Å²) in [6.07, 6.45) is 0.552. The SMILES string of the molecule is COc1ccccc1C(N)Cc1cc(F)cc(Br)c1. The summed E-state index contributed by atoms with van der Waals surface area (Å²) in [5.74, 6) is 0.488. The molecule has 1 unspecified atom stereocenters. The maximum absolute atomic E-state index is 13.3. The first-order valence-electron chi connectivity index (χ1n) is 5.93. The van der Waals surface area contributed by atoms with Gasteiger partial charge in [0.05, 0.1) is 7.11 Å². The van der Waals surface area contributed by atoms with Gasteiger partial charge in [-0.3, -0.25) is 0 Å². The van der Waals surface area contributed by atoms with E-state index in [-0.39, 0.29) is 11.9 Å². The van der Waals surface area contributed by atoms with E-state index < -0.39 is 0 Å². The smallest absolute Gasteiger partial charge is 0.124 e. The molecule has 2 aromatic rings. The maximum Gasteiger partial charge on any atom is 0.124 e. The summed E-state index contributed by atoms with van der Waals surface area (Å²) in [5.41, 5.74) is 7.96. The van der Waals surface area contributed by atoms with E-state index in [0.717, 1.165) is 21.3 Å². The molecular formula is C15H15BrFNO. The first-order valence-corrected chi connectivity index (χ1v) is 6.73. The summed E-state index contributed by atoms with van der Waals surface area (Å²) in [5, 5.41) is 0. The number of para-hydroxylation sites is 1. The lowest BCUT2D eigenvalue weighted by atomic mass is 9.99. The first kappa shape index (κ1) is 14.0. The highest BCUT2D eigenvalue weighted by Crippen LogP contribution is 2.26. The fourth-order valence-corrected chi connectivity index (χ4v) is 2.58. The highest BCUT2D eigenvalue weighted by molar-refractivity contribution is 9.10. The van der Waals surface area contributed by atoms with Crippen molar-refractivity contribution in [1.29, 1.82) is 0 Å². The molecule has 19 heavy (non-hydrogen) atoms. The Labute approximate surface area is 120 Å². The van der Waals surface area contributed by atoms with Gasteiger partial charge in [-0.15, -0.1) is 0 Å².